The number of nitrogens with zero attached hydrogens (tertiary/aromatic N) is 2. The number of hydrogen-bond acceptors (Lipinski definition) is 5. The van der Waals surface area contributed by atoms with Crippen LogP contribution in [0.2, 0.25) is 0 Å². The molecule has 7 nitrogen and oxygen atoms in total. The normalized spacial score (nSPS) is 15.1. The highest BCUT2D eigenvalue weighted by Gasteiger charge is 2.29. The predicted octanol–water partition coefficient (Wildman–Crippen LogP) is 2.91. The van der Waals surface area contributed by atoms with Crippen LogP contribution in [-0.2, 0) is 14.8 Å². The van der Waals surface area contributed by atoms with Crippen LogP contribution in [-0.4, -0.2) is 55.7 Å². The molecule has 1 fully saturated rings. The molecule has 4 rings (SSSR count). The minimum absolute atomic E-state index is 0.0242. The molecule has 1 aliphatic heterocycles. The van der Waals surface area contributed by atoms with Gasteiger partial charge in [0.2, 0.25) is 15.9 Å². The molecule has 3 aromatic rings. The van der Waals surface area contributed by atoms with Crippen molar-refractivity contribution in [3.63, 3.8) is 0 Å². The molecule has 0 spiro atoms. The number of rotatable bonds is 4. The molecule has 1 saturated heterocycles. The summed E-state index contributed by atoms with van der Waals surface area (Å²) in [6, 6.07) is 18.8. The van der Waals surface area contributed by atoms with Gasteiger partial charge in [-0.1, -0.05) is 42.5 Å². The standard InChI is InChI=1S/C23H22N2O5S/c1-17(26)24-12-14-25(15-13-24)31(28,29)20-9-4-8-19(16-20)23(27)30-22-11-5-7-18-6-2-3-10-21(18)22/h2-11,16H,12-15H2,1H3. The van der Waals surface area contributed by atoms with Crippen LogP contribution < -0.4 is 4.74 Å². The lowest BCUT2D eigenvalue weighted by Crippen LogP contribution is -2.49. The molecule has 0 atom stereocenters. The molecule has 0 bridgehead atoms. The van der Waals surface area contributed by atoms with E-state index in [1.807, 2.05) is 30.3 Å². The van der Waals surface area contributed by atoms with Crippen LogP contribution in [0.3, 0.4) is 0 Å². The molecular formula is C23H22N2O5S. The van der Waals surface area contributed by atoms with Gasteiger partial charge in [0, 0.05) is 38.5 Å². The van der Waals surface area contributed by atoms with Gasteiger partial charge in [-0.3, -0.25) is 4.79 Å². The molecule has 160 valence electrons. The number of esters is 1. The number of carbonyl (C=O) groups is 2. The van der Waals surface area contributed by atoms with Gasteiger partial charge in [0.1, 0.15) is 5.75 Å². The maximum Gasteiger partial charge on any atom is 0.343 e. The van der Waals surface area contributed by atoms with Crippen molar-refractivity contribution in [1.82, 2.24) is 9.21 Å². The van der Waals surface area contributed by atoms with Gasteiger partial charge in [0.15, 0.2) is 0 Å². The van der Waals surface area contributed by atoms with E-state index in [1.165, 1.54) is 35.5 Å². The number of ether oxygens (including phenoxy) is 1. The van der Waals surface area contributed by atoms with Crippen LogP contribution >= 0.6 is 0 Å². The average molecular weight is 439 g/mol. The molecule has 0 radical (unpaired) electrons. The van der Waals surface area contributed by atoms with Gasteiger partial charge in [-0.25, -0.2) is 13.2 Å². The molecule has 0 N–H and O–H groups in total. The van der Waals surface area contributed by atoms with E-state index in [-0.39, 0.29) is 29.5 Å². The highest BCUT2D eigenvalue weighted by molar-refractivity contribution is 7.89. The van der Waals surface area contributed by atoms with E-state index in [0.717, 1.165) is 10.8 Å². The lowest BCUT2D eigenvalue weighted by atomic mass is 10.1. The summed E-state index contributed by atoms with van der Waals surface area (Å²) in [5.74, 6) is -0.290. The Hall–Kier alpha value is -3.23. The quantitative estimate of drug-likeness (QED) is 0.462. The van der Waals surface area contributed by atoms with E-state index in [2.05, 4.69) is 0 Å². The Balaban J connectivity index is 1.55. The minimum Gasteiger partial charge on any atom is -0.422 e. The first-order chi connectivity index (χ1) is 14.9. The zero-order chi connectivity index (χ0) is 22.0. The molecule has 1 amide bonds. The molecular weight excluding hydrogens is 416 g/mol. The minimum atomic E-state index is -3.79. The Morgan fingerprint density at radius 3 is 2.29 bits per heavy atom. The Morgan fingerprint density at radius 2 is 1.55 bits per heavy atom. The third kappa shape index (κ3) is 4.30. The smallest absolute Gasteiger partial charge is 0.343 e. The van der Waals surface area contributed by atoms with Gasteiger partial charge in [-0.15, -0.1) is 0 Å². The van der Waals surface area contributed by atoms with Gasteiger partial charge in [-0.2, -0.15) is 4.31 Å². The zero-order valence-electron chi connectivity index (χ0n) is 17.0. The second kappa shape index (κ2) is 8.49. The molecule has 1 aliphatic rings. The Bertz CT molecular complexity index is 1240. The summed E-state index contributed by atoms with van der Waals surface area (Å²) in [7, 11) is -3.79. The van der Waals surface area contributed by atoms with E-state index in [0.29, 0.717) is 18.8 Å². The summed E-state index contributed by atoms with van der Waals surface area (Å²) in [5, 5.41) is 1.74. The molecule has 0 aliphatic carbocycles. The topological polar surface area (TPSA) is 84.0 Å². The Morgan fingerprint density at radius 1 is 0.871 bits per heavy atom. The van der Waals surface area contributed by atoms with E-state index in [9.17, 15) is 18.0 Å². The fourth-order valence-corrected chi connectivity index (χ4v) is 5.09. The van der Waals surface area contributed by atoms with E-state index in [1.54, 1.807) is 17.0 Å². The molecule has 31 heavy (non-hydrogen) atoms. The second-order valence-corrected chi connectivity index (χ2v) is 9.24. The van der Waals surface area contributed by atoms with Crippen LogP contribution in [0.1, 0.15) is 17.3 Å². The van der Waals surface area contributed by atoms with Crippen LogP contribution in [0.5, 0.6) is 5.75 Å². The van der Waals surface area contributed by atoms with Crippen molar-refractivity contribution in [1.29, 1.82) is 0 Å². The number of amides is 1. The fraction of sp³-hybridized carbons (Fsp3) is 0.217. The van der Waals surface area contributed by atoms with Gasteiger partial charge in [-0.05, 0) is 29.7 Å². The summed E-state index contributed by atoms with van der Waals surface area (Å²) in [5.41, 5.74) is 0.149. The number of piperazine rings is 1. The molecule has 0 aromatic heterocycles. The molecule has 3 aromatic carbocycles. The zero-order valence-corrected chi connectivity index (χ0v) is 17.8. The van der Waals surface area contributed by atoms with Gasteiger partial charge >= 0.3 is 5.97 Å². The summed E-state index contributed by atoms with van der Waals surface area (Å²) in [6.07, 6.45) is 0. The first kappa shape index (κ1) is 21.0. The van der Waals surface area contributed by atoms with Crippen molar-refractivity contribution in [2.45, 2.75) is 11.8 Å². The van der Waals surface area contributed by atoms with Crippen molar-refractivity contribution in [2.24, 2.45) is 0 Å². The van der Waals surface area contributed by atoms with Gasteiger partial charge in [0.25, 0.3) is 0 Å². The van der Waals surface area contributed by atoms with Crippen LogP contribution in [0.4, 0.5) is 0 Å². The highest BCUT2D eigenvalue weighted by atomic mass is 32.2. The molecule has 8 heteroatoms. The number of fused-ring (bicyclic) bond motifs is 1. The van der Waals surface area contributed by atoms with Crippen LogP contribution in [0, 0.1) is 0 Å². The fourth-order valence-electron chi connectivity index (χ4n) is 3.62. The lowest BCUT2D eigenvalue weighted by molar-refractivity contribution is -0.129. The Kier molecular flexibility index (Phi) is 5.75. The number of benzene rings is 3. The second-order valence-electron chi connectivity index (χ2n) is 7.30. The monoisotopic (exact) mass is 438 g/mol. The largest absolute Gasteiger partial charge is 0.422 e. The van der Waals surface area contributed by atoms with Crippen LogP contribution in [0.25, 0.3) is 10.8 Å². The maximum absolute atomic E-state index is 13.0. The lowest BCUT2D eigenvalue weighted by Gasteiger charge is -2.33. The number of sulfonamides is 1. The molecule has 0 saturated carbocycles. The first-order valence-corrected chi connectivity index (χ1v) is 11.4. The predicted molar refractivity (Wildman–Crippen MR) is 116 cm³/mol. The summed E-state index contributed by atoms with van der Waals surface area (Å²) in [4.78, 5) is 25.9. The van der Waals surface area contributed by atoms with Crippen molar-refractivity contribution in [2.75, 3.05) is 26.2 Å². The maximum atomic E-state index is 13.0. The first-order valence-electron chi connectivity index (χ1n) is 9.92. The molecule has 0 unspecified atom stereocenters. The summed E-state index contributed by atoms with van der Waals surface area (Å²) < 4.78 is 33.0. The highest BCUT2D eigenvalue weighted by Crippen LogP contribution is 2.26. The third-order valence-corrected chi connectivity index (χ3v) is 7.24. The van der Waals surface area contributed by atoms with E-state index < -0.39 is 16.0 Å². The molecule has 1 heterocycles. The Labute approximate surface area is 180 Å². The van der Waals surface area contributed by atoms with E-state index in [4.69, 9.17) is 4.74 Å². The van der Waals surface area contributed by atoms with Crippen molar-refractivity contribution >= 4 is 32.7 Å². The number of hydrogen-bond donors (Lipinski definition) is 0. The summed E-state index contributed by atoms with van der Waals surface area (Å²) in [6.45, 7) is 2.59. The van der Waals surface area contributed by atoms with Crippen molar-refractivity contribution in [3.8, 4) is 5.75 Å². The van der Waals surface area contributed by atoms with Gasteiger partial charge in [0.05, 0.1) is 10.5 Å². The summed E-state index contributed by atoms with van der Waals surface area (Å²) >= 11 is 0. The van der Waals surface area contributed by atoms with Crippen molar-refractivity contribution < 1.29 is 22.7 Å². The SMILES string of the molecule is CC(=O)N1CCN(S(=O)(=O)c2cccc(C(=O)Oc3cccc4ccccc34)c2)CC1. The van der Waals surface area contributed by atoms with E-state index >= 15 is 0 Å². The average Bonchev–Trinajstić information content (AvgIpc) is 2.79. The third-order valence-electron chi connectivity index (χ3n) is 5.34. The number of carbonyl (C=O) groups excluding carboxylic acids is 2. The van der Waals surface area contributed by atoms with Gasteiger partial charge < -0.3 is 9.64 Å². The van der Waals surface area contributed by atoms with Crippen molar-refractivity contribution in [3.05, 3.63) is 72.3 Å². The van der Waals surface area contributed by atoms with Crippen LogP contribution in [0.15, 0.2) is 71.6 Å².